The summed E-state index contributed by atoms with van der Waals surface area (Å²) in [5.74, 6) is -0.435. The van der Waals surface area contributed by atoms with Gasteiger partial charge in [-0.1, -0.05) is 49.0 Å². The molecule has 1 aliphatic rings. The molecule has 2 aromatic carbocycles. The average molecular weight is 442 g/mol. The van der Waals surface area contributed by atoms with Gasteiger partial charge in [0.05, 0.1) is 11.3 Å². The summed E-state index contributed by atoms with van der Waals surface area (Å²) in [4.78, 5) is 23.9. The summed E-state index contributed by atoms with van der Waals surface area (Å²) >= 11 is 0. The highest BCUT2D eigenvalue weighted by Gasteiger charge is 2.30. The summed E-state index contributed by atoms with van der Waals surface area (Å²) < 4.78 is 27.4. The Balaban J connectivity index is 1.58. The largest absolute Gasteiger partial charge is 0.352 e. The summed E-state index contributed by atoms with van der Waals surface area (Å²) in [5.41, 5.74) is 1.75. The van der Waals surface area contributed by atoms with Gasteiger partial charge >= 0.3 is 0 Å². The normalized spacial score (nSPS) is 17.0. The fraction of sp³-hybridized carbons (Fsp3) is 0.304. The standard InChI is InChI=1S/C23H27N3O4S/c1-2-22(27)25-20-9-6-14-26(17-20)31(29,30)21-12-10-18(11-13-21)15-23(28)24-16-19-7-4-3-5-8-19/h2-5,7-8,10-13,20H,1,6,9,14-17H2,(H,24,28)(H,25,27)/t20-/m0/s1. The number of hydrogen-bond donors (Lipinski definition) is 2. The van der Waals surface area contributed by atoms with Crippen molar-refractivity contribution in [3.63, 3.8) is 0 Å². The third kappa shape index (κ3) is 6.26. The van der Waals surface area contributed by atoms with Crippen LogP contribution in [-0.4, -0.2) is 43.7 Å². The molecule has 2 N–H and O–H groups in total. The number of hydrogen-bond acceptors (Lipinski definition) is 4. The van der Waals surface area contributed by atoms with E-state index in [-0.39, 0.29) is 35.7 Å². The molecule has 2 aromatic rings. The highest BCUT2D eigenvalue weighted by Crippen LogP contribution is 2.21. The van der Waals surface area contributed by atoms with Gasteiger partial charge in [0.25, 0.3) is 0 Å². The van der Waals surface area contributed by atoms with Crippen LogP contribution in [0.5, 0.6) is 0 Å². The molecule has 1 heterocycles. The fourth-order valence-electron chi connectivity index (χ4n) is 3.51. The number of nitrogens with one attached hydrogen (secondary N) is 2. The van der Waals surface area contributed by atoms with E-state index < -0.39 is 10.0 Å². The Morgan fingerprint density at radius 3 is 2.45 bits per heavy atom. The van der Waals surface area contributed by atoms with Crippen molar-refractivity contribution in [3.8, 4) is 0 Å². The van der Waals surface area contributed by atoms with Crippen LogP contribution in [0.1, 0.15) is 24.0 Å². The van der Waals surface area contributed by atoms with E-state index in [1.807, 2.05) is 30.3 Å². The highest BCUT2D eigenvalue weighted by atomic mass is 32.2. The Kier molecular flexibility index (Phi) is 7.59. The molecule has 8 heteroatoms. The Bertz CT molecular complexity index is 1020. The predicted octanol–water partition coefficient (Wildman–Crippen LogP) is 2.00. The van der Waals surface area contributed by atoms with Crippen LogP contribution < -0.4 is 10.6 Å². The summed E-state index contributed by atoms with van der Waals surface area (Å²) in [5, 5.41) is 5.63. The molecule has 1 atom stereocenters. The molecule has 0 aliphatic carbocycles. The van der Waals surface area contributed by atoms with Crippen LogP contribution in [0, 0.1) is 0 Å². The maximum atomic E-state index is 13.0. The summed E-state index contributed by atoms with van der Waals surface area (Å²) in [6.07, 6.45) is 2.75. The van der Waals surface area contributed by atoms with Gasteiger partial charge in [-0.25, -0.2) is 8.42 Å². The van der Waals surface area contributed by atoms with E-state index in [9.17, 15) is 18.0 Å². The topological polar surface area (TPSA) is 95.6 Å². The molecule has 0 unspecified atom stereocenters. The molecular formula is C23H27N3O4S. The highest BCUT2D eigenvalue weighted by molar-refractivity contribution is 7.89. The molecule has 2 amide bonds. The van der Waals surface area contributed by atoms with Crippen molar-refractivity contribution in [3.05, 3.63) is 78.4 Å². The van der Waals surface area contributed by atoms with E-state index in [0.717, 1.165) is 17.5 Å². The Hall–Kier alpha value is -2.97. The minimum atomic E-state index is -3.67. The summed E-state index contributed by atoms with van der Waals surface area (Å²) in [6.45, 7) is 4.51. The number of carbonyl (C=O) groups excluding carboxylic acids is 2. The maximum Gasteiger partial charge on any atom is 0.243 e. The SMILES string of the molecule is C=CC(=O)N[C@H]1CCCN(S(=O)(=O)c2ccc(CC(=O)NCc3ccccc3)cc2)C1. The second-order valence-electron chi connectivity index (χ2n) is 7.50. The first-order chi connectivity index (χ1) is 14.9. The van der Waals surface area contributed by atoms with Crippen molar-refractivity contribution in [1.29, 1.82) is 0 Å². The van der Waals surface area contributed by atoms with Crippen LogP contribution in [0.4, 0.5) is 0 Å². The summed E-state index contributed by atoms with van der Waals surface area (Å²) in [6, 6.07) is 15.8. The third-order valence-corrected chi connectivity index (χ3v) is 7.05. The monoisotopic (exact) mass is 441 g/mol. The van der Waals surface area contributed by atoms with Gasteiger partial charge in [0.2, 0.25) is 21.8 Å². The zero-order chi connectivity index (χ0) is 22.3. The van der Waals surface area contributed by atoms with E-state index in [1.54, 1.807) is 12.1 Å². The number of sulfonamides is 1. The predicted molar refractivity (Wildman–Crippen MR) is 119 cm³/mol. The lowest BCUT2D eigenvalue weighted by Gasteiger charge is -2.32. The first kappa shape index (κ1) is 22.7. The summed E-state index contributed by atoms with van der Waals surface area (Å²) in [7, 11) is -3.67. The van der Waals surface area contributed by atoms with Gasteiger partial charge in [0.15, 0.2) is 0 Å². The number of benzene rings is 2. The molecule has 0 aromatic heterocycles. The van der Waals surface area contributed by atoms with E-state index in [0.29, 0.717) is 19.5 Å². The van der Waals surface area contributed by atoms with Crippen molar-refractivity contribution in [1.82, 2.24) is 14.9 Å². The lowest BCUT2D eigenvalue weighted by molar-refractivity contribution is -0.120. The fourth-order valence-corrected chi connectivity index (χ4v) is 5.04. The van der Waals surface area contributed by atoms with Crippen LogP contribution in [0.15, 0.2) is 72.1 Å². The minimum absolute atomic E-state index is 0.128. The number of piperidine rings is 1. The van der Waals surface area contributed by atoms with E-state index in [1.165, 1.54) is 22.5 Å². The van der Waals surface area contributed by atoms with Crippen molar-refractivity contribution < 1.29 is 18.0 Å². The van der Waals surface area contributed by atoms with Crippen LogP contribution in [0.2, 0.25) is 0 Å². The Labute approximate surface area is 183 Å². The molecule has 31 heavy (non-hydrogen) atoms. The molecule has 7 nitrogen and oxygen atoms in total. The van der Waals surface area contributed by atoms with Gasteiger partial charge in [-0.3, -0.25) is 9.59 Å². The third-order valence-electron chi connectivity index (χ3n) is 5.17. The molecule has 1 saturated heterocycles. The first-order valence-corrected chi connectivity index (χ1v) is 11.6. The number of nitrogens with zero attached hydrogens (tertiary/aromatic N) is 1. The van der Waals surface area contributed by atoms with Gasteiger partial charge < -0.3 is 10.6 Å². The lowest BCUT2D eigenvalue weighted by atomic mass is 10.1. The van der Waals surface area contributed by atoms with Crippen molar-refractivity contribution >= 4 is 21.8 Å². The smallest absolute Gasteiger partial charge is 0.243 e. The number of amides is 2. The average Bonchev–Trinajstić information content (AvgIpc) is 2.79. The van der Waals surface area contributed by atoms with Crippen LogP contribution in [-0.2, 0) is 32.6 Å². The molecule has 0 bridgehead atoms. The molecule has 1 aliphatic heterocycles. The van der Waals surface area contributed by atoms with Crippen molar-refractivity contribution in [2.75, 3.05) is 13.1 Å². The molecular weight excluding hydrogens is 414 g/mol. The van der Waals surface area contributed by atoms with Gasteiger partial charge in [0, 0.05) is 25.7 Å². The Morgan fingerprint density at radius 1 is 1.06 bits per heavy atom. The number of rotatable bonds is 8. The van der Waals surface area contributed by atoms with Crippen LogP contribution in [0.25, 0.3) is 0 Å². The quantitative estimate of drug-likeness (QED) is 0.613. The number of carbonyl (C=O) groups is 2. The zero-order valence-electron chi connectivity index (χ0n) is 17.3. The zero-order valence-corrected chi connectivity index (χ0v) is 18.1. The first-order valence-electron chi connectivity index (χ1n) is 10.2. The molecule has 0 spiro atoms. The van der Waals surface area contributed by atoms with E-state index >= 15 is 0 Å². The Morgan fingerprint density at radius 2 is 1.77 bits per heavy atom. The molecule has 3 rings (SSSR count). The van der Waals surface area contributed by atoms with Gasteiger partial charge in [-0.15, -0.1) is 0 Å². The second-order valence-corrected chi connectivity index (χ2v) is 9.44. The van der Waals surface area contributed by atoms with Crippen molar-refractivity contribution in [2.45, 2.75) is 36.7 Å². The molecule has 1 fully saturated rings. The van der Waals surface area contributed by atoms with E-state index in [4.69, 9.17) is 0 Å². The minimum Gasteiger partial charge on any atom is -0.352 e. The van der Waals surface area contributed by atoms with E-state index in [2.05, 4.69) is 17.2 Å². The van der Waals surface area contributed by atoms with Crippen LogP contribution >= 0.6 is 0 Å². The maximum absolute atomic E-state index is 13.0. The van der Waals surface area contributed by atoms with Crippen LogP contribution in [0.3, 0.4) is 0 Å². The van der Waals surface area contributed by atoms with Gasteiger partial charge in [0.1, 0.15) is 0 Å². The molecule has 0 radical (unpaired) electrons. The molecule has 164 valence electrons. The van der Waals surface area contributed by atoms with Gasteiger partial charge in [-0.2, -0.15) is 4.31 Å². The van der Waals surface area contributed by atoms with Crippen molar-refractivity contribution in [2.24, 2.45) is 0 Å². The van der Waals surface area contributed by atoms with Gasteiger partial charge in [-0.05, 0) is 42.2 Å². The molecule has 0 saturated carbocycles. The lowest BCUT2D eigenvalue weighted by Crippen LogP contribution is -2.49. The second kappa shape index (κ2) is 10.4.